The Kier molecular flexibility index (Phi) is 2.26. The summed E-state index contributed by atoms with van der Waals surface area (Å²) >= 11 is 0. The summed E-state index contributed by atoms with van der Waals surface area (Å²) in [5.74, 6) is 0.836. The van der Waals surface area contributed by atoms with Crippen molar-refractivity contribution in [3.8, 4) is 17.0 Å². The summed E-state index contributed by atoms with van der Waals surface area (Å²) in [5, 5.41) is 0. The number of nitrogens with one attached hydrogen (secondary N) is 1. The first-order valence-corrected chi connectivity index (χ1v) is 5.31. The van der Waals surface area contributed by atoms with E-state index in [0.717, 1.165) is 28.0 Å². The smallest absolute Gasteiger partial charge is 0.118 e. The fraction of sp³-hybridized carbons (Fsp3) is 0.0769. The Morgan fingerprint density at radius 2 is 1.88 bits per heavy atom. The molecule has 1 N–H and O–H groups in total. The number of hydrogen-bond donors (Lipinski definition) is 1. The molecule has 0 saturated carbocycles. The number of aromatic nitrogens is 3. The van der Waals surface area contributed by atoms with Crippen molar-refractivity contribution in [3.05, 3.63) is 42.9 Å². The van der Waals surface area contributed by atoms with E-state index in [4.69, 9.17) is 4.74 Å². The predicted molar refractivity (Wildman–Crippen MR) is 65.9 cm³/mol. The number of pyridine rings is 1. The van der Waals surface area contributed by atoms with Gasteiger partial charge in [0.05, 0.1) is 24.6 Å². The van der Waals surface area contributed by atoms with E-state index in [9.17, 15) is 0 Å². The summed E-state index contributed by atoms with van der Waals surface area (Å²) in [6, 6.07) is 9.71. The lowest BCUT2D eigenvalue weighted by Gasteiger charge is -2.03. The van der Waals surface area contributed by atoms with Crippen molar-refractivity contribution < 1.29 is 4.74 Å². The van der Waals surface area contributed by atoms with Crippen LogP contribution in [-0.4, -0.2) is 22.1 Å². The van der Waals surface area contributed by atoms with Gasteiger partial charge in [0.15, 0.2) is 0 Å². The second-order valence-corrected chi connectivity index (χ2v) is 3.69. The van der Waals surface area contributed by atoms with Gasteiger partial charge in [-0.05, 0) is 30.3 Å². The lowest BCUT2D eigenvalue weighted by atomic mass is 10.1. The summed E-state index contributed by atoms with van der Waals surface area (Å²) < 4.78 is 5.14. The van der Waals surface area contributed by atoms with Crippen molar-refractivity contribution in [2.24, 2.45) is 0 Å². The van der Waals surface area contributed by atoms with Crippen LogP contribution in [0.4, 0.5) is 0 Å². The molecule has 0 saturated heterocycles. The van der Waals surface area contributed by atoms with Crippen LogP contribution < -0.4 is 4.74 Å². The molecule has 4 heteroatoms. The van der Waals surface area contributed by atoms with Gasteiger partial charge in [0, 0.05) is 11.8 Å². The van der Waals surface area contributed by atoms with Crippen molar-refractivity contribution in [3.63, 3.8) is 0 Å². The molecule has 0 spiro atoms. The number of aromatic amines is 1. The topological polar surface area (TPSA) is 50.8 Å². The Morgan fingerprint density at radius 1 is 1.06 bits per heavy atom. The first-order valence-electron chi connectivity index (χ1n) is 5.31. The Balaban J connectivity index is 2.16. The minimum atomic E-state index is 0.836. The minimum absolute atomic E-state index is 0.836. The van der Waals surface area contributed by atoms with E-state index in [1.807, 2.05) is 30.3 Å². The zero-order chi connectivity index (χ0) is 11.7. The highest BCUT2D eigenvalue weighted by atomic mass is 16.5. The van der Waals surface area contributed by atoms with Crippen LogP contribution in [0.1, 0.15) is 0 Å². The summed E-state index contributed by atoms with van der Waals surface area (Å²) in [5.41, 5.74) is 3.79. The zero-order valence-electron chi connectivity index (χ0n) is 9.34. The monoisotopic (exact) mass is 225 g/mol. The molecule has 0 radical (unpaired) electrons. The predicted octanol–water partition coefficient (Wildman–Crippen LogP) is 2.63. The molecule has 0 fully saturated rings. The molecule has 84 valence electrons. The molecule has 0 amide bonds. The van der Waals surface area contributed by atoms with Crippen LogP contribution in [0, 0.1) is 0 Å². The Hall–Kier alpha value is -2.36. The first-order chi connectivity index (χ1) is 8.38. The van der Waals surface area contributed by atoms with Gasteiger partial charge in [0.2, 0.25) is 0 Å². The molecule has 1 aromatic carbocycles. The highest BCUT2D eigenvalue weighted by Crippen LogP contribution is 2.25. The lowest BCUT2D eigenvalue weighted by molar-refractivity contribution is 0.415. The minimum Gasteiger partial charge on any atom is -0.497 e. The van der Waals surface area contributed by atoms with Crippen LogP contribution in [0.15, 0.2) is 42.9 Å². The number of fused-ring (bicyclic) bond motifs is 1. The van der Waals surface area contributed by atoms with Crippen LogP contribution in [0.3, 0.4) is 0 Å². The molecule has 0 aliphatic heterocycles. The third kappa shape index (κ3) is 1.63. The average Bonchev–Trinajstić information content (AvgIpc) is 2.87. The summed E-state index contributed by atoms with van der Waals surface area (Å²) in [6.45, 7) is 0. The molecule has 4 nitrogen and oxygen atoms in total. The maximum atomic E-state index is 5.14. The second-order valence-electron chi connectivity index (χ2n) is 3.69. The largest absolute Gasteiger partial charge is 0.497 e. The number of hydrogen-bond acceptors (Lipinski definition) is 3. The maximum absolute atomic E-state index is 5.14. The van der Waals surface area contributed by atoms with Crippen molar-refractivity contribution in [2.75, 3.05) is 7.11 Å². The summed E-state index contributed by atoms with van der Waals surface area (Å²) in [6.07, 6.45) is 3.46. The van der Waals surface area contributed by atoms with Gasteiger partial charge in [-0.25, -0.2) is 4.98 Å². The van der Waals surface area contributed by atoms with Gasteiger partial charge in [-0.2, -0.15) is 0 Å². The van der Waals surface area contributed by atoms with Crippen molar-refractivity contribution >= 4 is 11.0 Å². The molecule has 0 atom stereocenters. The van der Waals surface area contributed by atoms with Crippen molar-refractivity contribution in [1.29, 1.82) is 0 Å². The number of rotatable bonds is 2. The number of benzene rings is 1. The summed E-state index contributed by atoms with van der Waals surface area (Å²) in [7, 11) is 1.65. The zero-order valence-corrected chi connectivity index (χ0v) is 9.34. The number of methoxy groups -OCH3 is 1. The van der Waals surface area contributed by atoms with Crippen LogP contribution >= 0.6 is 0 Å². The van der Waals surface area contributed by atoms with E-state index >= 15 is 0 Å². The van der Waals surface area contributed by atoms with E-state index in [0.29, 0.717) is 0 Å². The van der Waals surface area contributed by atoms with Gasteiger partial charge in [0.25, 0.3) is 0 Å². The molecular formula is C13H11N3O. The third-order valence-corrected chi connectivity index (χ3v) is 2.70. The Bertz CT molecular complexity index is 643. The average molecular weight is 225 g/mol. The maximum Gasteiger partial charge on any atom is 0.118 e. The van der Waals surface area contributed by atoms with Crippen LogP contribution in [-0.2, 0) is 0 Å². The number of H-pyrrole nitrogens is 1. The molecule has 17 heavy (non-hydrogen) atoms. The molecule has 0 unspecified atom stereocenters. The Morgan fingerprint density at radius 3 is 2.65 bits per heavy atom. The highest BCUT2D eigenvalue weighted by Gasteiger charge is 2.07. The molecule has 0 aliphatic carbocycles. The van der Waals surface area contributed by atoms with Gasteiger partial charge in [0.1, 0.15) is 11.3 Å². The highest BCUT2D eigenvalue weighted by molar-refractivity contribution is 5.88. The van der Waals surface area contributed by atoms with Gasteiger partial charge in [-0.15, -0.1) is 0 Å². The van der Waals surface area contributed by atoms with E-state index in [1.165, 1.54) is 0 Å². The fourth-order valence-electron chi connectivity index (χ4n) is 1.83. The lowest BCUT2D eigenvalue weighted by Crippen LogP contribution is -1.86. The quantitative estimate of drug-likeness (QED) is 0.729. The molecule has 0 aliphatic rings. The van der Waals surface area contributed by atoms with Gasteiger partial charge >= 0.3 is 0 Å². The summed E-state index contributed by atoms with van der Waals surface area (Å²) in [4.78, 5) is 11.7. The normalized spacial score (nSPS) is 10.6. The number of imidazole rings is 1. The van der Waals surface area contributed by atoms with E-state index in [2.05, 4.69) is 15.0 Å². The molecule has 3 aromatic rings. The van der Waals surface area contributed by atoms with Crippen LogP contribution in [0.25, 0.3) is 22.3 Å². The molecular weight excluding hydrogens is 214 g/mol. The van der Waals surface area contributed by atoms with Crippen LogP contribution in [0.2, 0.25) is 0 Å². The third-order valence-electron chi connectivity index (χ3n) is 2.70. The molecule has 2 heterocycles. The van der Waals surface area contributed by atoms with E-state index < -0.39 is 0 Å². The first kappa shape index (κ1) is 9.84. The van der Waals surface area contributed by atoms with Gasteiger partial charge < -0.3 is 9.72 Å². The molecule has 3 rings (SSSR count). The van der Waals surface area contributed by atoms with Gasteiger partial charge in [-0.1, -0.05) is 0 Å². The SMILES string of the molecule is COc1ccc(-c2nccc3[nH]cnc23)cc1. The van der Waals surface area contributed by atoms with Crippen molar-refractivity contribution in [2.45, 2.75) is 0 Å². The number of nitrogens with zero attached hydrogens (tertiary/aromatic N) is 2. The van der Waals surface area contributed by atoms with Crippen LogP contribution in [0.5, 0.6) is 5.75 Å². The van der Waals surface area contributed by atoms with E-state index in [1.54, 1.807) is 19.6 Å². The molecule has 2 aromatic heterocycles. The van der Waals surface area contributed by atoms with Crippen molar-refractivity contribution in [1.82, 2.24) is 15.0 Å². The Labute approximate surface area is 98.3 Å². The molecule has 0 bridgehead atoms. The van der Waals surface area contributed by atoms with E-state index in [-0.39, 0.29) is 0 Å². The fourth-order valence-corrected chi connectivity index (χ4v) is 1.83. The second kappa shape index (κ2) is 3.90. The standard InChI is InChI=1S/C13H11N3O/c1-17-10-4-2-9(3-5-10)12-13-11(6-7-14-12)15-8-16-13/h2-8H,1H3,(H,15,16). The van der Waals surface area contributed by atoms with Gasteiger partial charge in [-0.3, -0.25) is 4.98 Å². The number of ether oxygens (including phenoxy) is 1.